The van der Waals surface area contributed by atoms with Gasteiger partial charge in [0, 0.05) is 55.4 Å². The minimum atomic E-state index is 0.0915. The van der Waals surface area contributed by atoms with E-state index >= 15 is 0 Å². The van der Waals surface area contributed by atoms with E-state index in [9.17, 15) is 4.79 Å². The van der Waals surface area contributed by atoms with Crippen LogP contribution in [0.5, 0.6) is 0 Å². The molecule has 0 atom stereocenters. The summed E-state index contributed by atoms with van der Waals surface area (Å²) in [5.74, 6) is 0.0915. The van der Waals surface area contributed by atoms with Gasteiger partial charge in [0.05, 0.1) is 0 Å². The smallest absolute Gasteiger partial charge is 0.220 e. The molecule has 0 aliphatic rings. The van der Waals surface area contributed by atoms with Gasteiger partial charge in [-0.15, -0.1) is 0 Å². The van der Waals surface area contributed by atoms with Crippen LogP contribution in [0.25, 0.3) is 10.9 Å². The first kappa shape index (κ1) is 15.3. The van der Waals surface area contributed by atoms with Crippen LogP contribution in [0.3, 0.4) is 0 Å². The molecule has 0 aliphatic heterocycles. The predicted octanol–water partition coefficient (Wildman–Crippen LogP) is 2.86. The topological polar surface area (TPSA) is 46.9 Å². The van der Waals surface area contributed by atoms with Crippen LogP contribution in [0.4, 0.5) is 0 Å². The van der Waals surface area contributed by atoms with Crippen LogP contribution in [-0.4, -0.2) is 22.0 Å². The van der Waals surface area contributed by atoms with E-state index in [1.54, 1.807) is 6.20 Å². The lowest BCUT2D eigenvalue weighted by atomic mass is 10.1. The van der Waals surface area contributed by atoms with Crippen LogP contribution in [0.2, 0.25) is 0 Å². The van der Waals surface area contributed by atoms with E-state index < -0.39 is 0 Å². The monoisotopic (exact) mass is 307 g/mol. The highest BCUT2D eigenvalue weighted by atomic mass is 16.1. The van der Waals surface area contributed by atoms with Crippen molar-refractivity contribution < 1.29 is 4.79 Å². The maximum absolute atomic E-state index is 12.0. The molecule has 2 heterocycles. The van der Waals surface area contributed by atoms with Crippen molar-refractivity contribution >= 4 is 16.8 Å². The summed E-state index contributed by atoms with van der Waals surface area (Å²) in [6.45, 7) is 0.630. The zero-order valence-corrected chi connectivity index (χ0v) is 13.3. The first-order valence-corrected chi connectivity index (χ1v) is 7.93. The number of nitrogens with one attached hydrogen (secondary N) is 1. The number of aromatic nitrogens is 2. The number of para-hydroxylation sites is 1. The number of hydrogen-bond donors (Lipinski definition) is 1. The van der Waals surface area contributed by atoms with Gasteiger partial charge in [-0.2, -0.15) is 0 Å². The van der Waals surface area contributed by atoms with Crippen LogP contribution in [0.15, 0.2) is 54.9 Å². The number of amides is 1. The molecule has 0 saturated heterocycles. The quantitative estimate of drug-likeness (QED) is 0.761. The van der Waals surface area contributed by atoms with Gasteiger partial charge in [0.1, 0.15) is 0 Å². The second-order valence-electron chi connectivity index (χ2n) is 5.70. The molecule has 1 amide bonds. The molecular weight excluding hydrogens is 286 g/mol. The second kappa shape index (κ2) is 7.09. The first-order valence-electron chi connectivity index (χ1n) is 7.93. The van der Waals surface area contributed by atoms with Crippen LogP contribution in [-0.2, 0) is 24.7 Å². The van der Waals surface area contributed by atoms with Gasteiger partial charge in [0.2, 0.25) is 5.91 Å². The molecule has 4 heteroatoms. The van der Waals surface area contributed by atoms with Gasteiger partial charge in [-0.05, 0) is 30.2 Å². The Morgan fingerprint density at radius 3 is 2.78 bits per heavy atom. The van der Waals surface area contributed by atoms with E-state index in [0.29, 0.717) is 13.0 Å². The van der Waals surface area contributed by atoms with Crippen LogP contribution in [0, 0.1) is 0 Å². The number of nitrogens with zero attached hydrogens (tertiary/aromatic N) is 2. The summed E-state index contributed by atoms with van der Waals surface area (Å²) in [7, 11) is 2.04. The van der Waals surface area contributed by atoms with Crippen LogP contribution < -0.4 is 5.32 Å². The van der Waals surface area contributed by atoms with E-state index in [-0.39, 0.29) is 5.91 Å². The minimum Gasteiger partial charge on any atom is -0.356 e. The van der Waals surface area contributed by atoms with E-state index in [2.05, 4.69) is 33.2 Å². The molecule has 4 nitrogen and oxygen atoms in total. The zero-order chi connectivity index (χ0) is 16.1. The SMILES string of the molecule is Cn1cc(CCC(=O)NCCc2ccccn2)c2ccccc21. The minimum absolute atomic E-state index is 0.0915. The molecule has 0 saturated carbocycles. The van der Waals surface area contributed by atoms with Crippen molar-refractivity contribution in [3.63, 3.8) is 0 Å². The van der Waals surface area contributed by atoms with E-state index in [1.165, 1.54) is 16.5 Å². The molecule has 3 rings (SSSR count). The van der Waals surface area contributed by atoms with Crippen molar-refractivity contribution in [2.24, 2.45) is 7.05 Å². The number of carbonyl (C=O) groups is 1. The Morgan fingerprint density at radius 1 is 1.13 bits per heavy atom. The fourth-order valence-electron chi connectivity index (χ4n) is 2.84. The Morgan fingerprint density at radius 2 is 1.96 bits per heavy atom. The first-order chi connectivity index (χ1) is 11.2. The highest BCUT2D eigenvalue weighted by Crippen LogP contribution is 2.21. The summed E-state index contributed by atoms with van der Waals surface area (Å²) in [5.41, 5.74) is 3.43. The molecule has 0 bridgehead atoms. The van der Waals surface area contributed by atoms with Crippen molar-refractivity contribution in [1.29, 1.82) is 0 Å². The van der Waals surface area contributed by atoms with Crippen molar-refractivity contribution in [2.75, 3.05) is 6.54 Å². The van der Waals surface area contributed by atoms with E-state index in [0.717, 1.165) is 18.5 Å². The van der Waals surface area contributed by atoms with E-state index in [1.807, 2.05) is 37.4 Å². The number of aryl methyl sites for hydroxylation is 2. The maximum Gasteiger partial charge on any atom is 0.220 e. The average molecular weight is 307 g/mol. The van der Waals surface area contributed by atoms with Gasteiger partial charge < -0.3 is 9.88 Å². The Bertz CT molecular complexity index is 793. The van der Waals surface area contributed by atoms with Crippen LogP contribution >= 0.6 is 0 Å². The normalized spacial score (nSPS) is 10.8. The third-order valence-corrected chi connectivity index (χ3v) is 4.03. The standard InChI is InChI=1S/C19H21N3O/c1-22-14-15(17-7-2-3-8-18(17)22)9-10-19(23)21-13-11-16-6-4-5-12-20-16/h2-8,12,14H,9-11,13H2,1H3,(H,21,23). The number of benzene rings is 1. The molecular formula is C19H21N3O. The predicted molar refractivity (Wildman–Crippen MR) is 92.2 cm³/mol. The van der Waals surface area contributed by atoms with Gasteiger partial charge >= 0.3 is 0 Å². The molecule has 0 aliphatic carbocycles. The number of pyridine rings is 1. The molecule has 2 aromatic heterocycles. The lowest BCUT2D eigenvalue weighted by molar-refractivity contribution is -0.121. The fraction of sp³-hybridized carbons (Fsp3) is 0.263. The highest BCUT2D eigenvalue weighted by molar-refractivity contribution is 5.84. The second-order valence-corrected chi connectivity index (χ2v) is 5.70. The van der Waals surface area contributed by atoms with Crippen LogP contribution in [0.1, 0.15) is 17.7 Å². The Balaban J connectivity index is 1.50. The van der Waals surface area contributed by atoms with Gasteiger partial charge in [-0.3, -0.25) is 9.78 Å². The fourth-order valence-corrected chi connectivity index (χ4v) is 2.84. The van der Waals surface area contributed by atoms with Gasteiger partial charge in [-0.1, -0.05) is 24.3 Å². The Kier molecular flexibility index (Phi) is 4.71. The summed E-state index contributed by atoms with van der Waals surface area (Å²) >= 11 is 0. The number of fused-ring (bicyclic) bond motifs is 1. The number of carbonyl (C=O) groups excluding carboxylic acids is 1. The summed E-state index contributed by atoms with van der Waals surface area (Å²) < 4.78 is 2.11. The average Bonchev–Trinajstić information content (AvgIpc) is 2.91. The number of rotatable bonds is 6. The van der Waals surface area contributed by atoms with Gasteiger partial charge in [0.25, 0.3) is 0 Å². The zero-order valence-electron chi connectivity index (χ0n) is 13.3. The molecule has 1 N–H and O–H groups in total. The molecule has 3 aromatic rings. The molecule has 118 valence electrons. The molecule has 0 radical (unpaired) electrons. The van der Waals surface area contributed by atoms with Gasteiger partial charge in [-0.25, -0.2) is 0 Å². The summed E-state index contributed by atoms with van der Waals surface area (Å²) in [6, 6.07) is 14.1. The molecule has 0 fully saturated rings. The lowest BCUT2D eigenvalue weighted by Crippen LogP contribution is -2.26. The molecule has 1 aromatic carbocycles. The number of hydrogen-bond acceptors (Lipinski definition) is 2. The van der Waals surface area contributed by atoms with Crippen molar-refractivity contribution in [1.82, 2.24) is 14.9 Å². The third kappa shape index (κ3) is 3.77. The molecule has 23 heavy (non-hydrogen) atoms. The lowest BCUT2D eigenvalue weighted by Gasteiger charge is -2.04. The third-order valence-electron chi connectivity index (χ3n) is 4.03. The van der Waals surface area contributed by atoms with Crippen molar-refractivity contribution in [3.8, 4) is 0 Å². The molecule has 0 spiro atoms. The maximum atomic E-state index is 12.0. The summed E-state index contributed by atoms with van der Waals surface area (Å²) in [4.78, 5) is 16.3. The Labute approximate surface area is 136 Å². The van der Waals surface area contributed by atoms with E-state index in [4.69, 9.17) is 0 Å². The van der Waals surface area contributed by atoms with Crippen molar-refractivity contribution in [2.45, 2.75) is 19.3 Å². The molecule has 0 unspecified atom stereocenters. The van der Waals surface area contributed by atoms with Crippen molar-refractivity contribution in [3.05, 3.63) is 66.1 Å². The highest BCUT2D eigenvalue weighted by Gasteiger charge is 2.08. The summed E-state index contributed by atoms with van der Waals surface area (Å²) in [5, 5.41) is 4.20. The largest absolute Gasteiger partial charge is 0.356 e. The summed E-state index contributed by atoms with van der Waals surface area (Å²) in [6.07, 6.45) is 5.93. The van der Waals surface area contributed by atoms with Gasteiger partial charge in [0.15, 0.2) is 0 Å². The Hall–Kier alpha value is -2.62.